The van der Waals surface area contributed by atoms with Crippen molar-refractivity contribution >= 4 is 24.2 Å². The number of rotatable bonds is 10. The van der Waals surface area contributed by atoms with Gasteiger partial charge in [0.05, 0.1) is 0 Å². The molecule has 0 aromatic carbocycles. The van der Waals surface area contributed by atoms with E-state index >= 15 is 0 Å². The Morgan fingerprint density at radius 3 is 1.87 bits per heavy atom. The van der Waals surface area contributed by atoms with Gasteiger partial charge in [-0.3, -0.25) is 4.79 Å². The maximum atomic E-state index is 12.2. The molecule has 0 saturated heterocycles. The summed E-state index contributed by atoms with van der Waals surface area (Å²) >= 11 is 0. The van der Waals surface area contributed by atoms with E-state index in [1.165, 1.54) is 0 Å². The van der Waals surface area contributed by atoms with Gasteiger partial charge in [0.1, 0.15) is 11.2 Å². The molecule has 30 heavy (non-hydrogen) atoms. The fourth-order valence-electron chi connectivity index (χ4n) is 2.22. The predicted molar refractivity (Wildman–Crippen MR) is 110 cm³/mol. The quantitative estimate of drug-likeness (QED) is 0.330. The maximum Gasteiger partial charge on any atom is 0.407 e. The van der Waals surface area contributed by atoms with Crippen molar-refractivity contribution in [1.82, 2.24) is 21.3 Å². The van der Waals surface area contributed by atoms with Gasteiger partial charge >= 0.3 is 18.3 Å². The minimum Gasteiger partial charge on any atom is -0.465 e. The summed E-state index contributed by atoms with van der Waals surface area (Å²) in [5, 5.41) is 18.7. The molecule has 0 fully saturated rings. The molecule has 11 nitrogen and oxygen atoms in total. The monoisotopic (exact) mass is 432 g/mol. The molecule has 11 heteroatoms. The molecule has 0 aliphatic heterocycles. The van der Waals surface area contributed by atoms with Crippen molar-refractivity contribution in [3.63, 3.8) is 0 Å². The van der Waals surface area contributed by atoms with Gasteiger partial charge in [-0.2, -0.15) is 0 Å². The van der Waals surface area contributed by atoms with E-state index < -0.39 is 35.5 Å². The van der Waals surface area contributed by atoms with Gasteiger partial charge in [-0.25, -0.2) is 14.4 Å². The van der Waals surface area contributed by atoms with Crippen LogP contribution in [0.25, 0.3) is 0 Å². The molecular weight excluding hydrogens is 396 g/mol. The molecule has 1 atom stereocenters. The number of hydrogen-bond acceptors (Lipinski definition) is 6. The highest BCUT2D eigenvalue weighted by atomic mass is 16.6. The van der Waals surface area contributed by atoms with E-state index in [9.17, 15) is 19.2 Å². The van der Waals surface area contributed by atoms with Crippen LogP contribution < -0.4 is 21.3 Å². The number of amides is 4. The Balaban J connectivity index is 4.46. The first-order valence-electron chi connectivity index (χ1n) is 9.88. The Kier molecular flexibility index (Phi) is 11.6. The van der Waals surface area contributed by atoms with Crippen LogP contribution in [-0.4, -0.2) is 66.2 Å². The minimum absolute atomic E-state index is 0.0151. The summed E-state index contributed by atoms with van der Waals surface area (Å²) in [4.78, 5) is 46.3. The Morgan fingerprint density at radius 2 is 1.33 bits per heavy atom. The zero-order valence-electron chi connectivity index (χ0n) is 18.7. The molecule has 174 valence electrons. The zero-order chi connectivity index (χ0) is 23.4. The molecule has 0 unspecified atom stereocenters. The number of alkyl carbamates (subject to hydrolysis) is 2. The number of hydrogen-bond donors (Lipinski definition) is 5. The third-order valence-corrected chi connectivity index (χ3v) is 3.27. The number of carbonyl (C=O) groups is 4. The molecule has 0 heterocycles. The van der Waals surface area contributed by atoms with Gasteiger partial charge < -0.3 is 35.8 Å². The van der Waals surface area contributed by atoms with E-state index in [-0.39, 0.29) is 32.0 Å². The van der Waals surface area contributed by atoms with Gasteiger partial charge in [0, 0.05) is 32.1 Å². The van der Waals surface area contributed by atoms with Crippen molar-refractivity contribution in [2.75, 3.05) is 19.6 Å². The second-order valence-electron chi connectivity index (χ2n) is 8.70. The van der Waals surface area contributed by atoms with Gasteiger partial charge in [-0.15, -0.1) is 0 Å². The minimum atomic E-state index is -1.14. The van der Waals surface area contributed by atoms with Crippen LogP contribution in [0, 0.1) is 0 Å². The highest BCUT2D eigenvalue weighted by Crippen LogP contribution is 2.09. The molecule has 0 aliphatic rings. The first-order chi connectivity index (χ1) is 13.7. The Morgan fingerprint density at radius 1 is 0.800 bits per heavy atom. The summed E-state index contributed by atoms with van der Waals surface area (Å²) in [6.45, 7) is 11.0. The highest BCUT2D eigenvalue weighted by Gasteiger charge is 2.21. The second kappa shape index (κ2) is 12.8. The first-order valence-corrected chi connectivity index (χ1v) is 9.88. The van der Waals surface area contributed by atoms with E-state index in [1.54, 1.807) is 41.5 Å². The Labute approximate surface area is 177 Å². The lowest BCUT2D eigenvalue weighted by atomic mass is 10.1. The summed E-state index contributed by atoms with van der Waals surface area (Å²) in [7, 11) is 0. The fourth-order valence-corrected chi connectivity index (χ4v) is 2.22. The molecular formula is C19H36N4O7. The van der Waals surface area contributed by atoms with Crippen LogP contribution in [0.3, 0.4) is 0 Å². The fraction of sp³-hybridized carbons (Fsp3) is 0.789. The van der Waals surface area contributed by atoms with Crippen LogP contribution in [-0.2, 0) is 14.3 Å². The number of carboxylic acid groups (broad SMARTS) is 1. The number of carbonyl (C=O) groups excluding carboxylic acids is 3. The second-order valence-corrected chi connectivity index (χ2v) is 8.70. The molecule has 5 N–H and O–H groups in total. The lowest BCUT2D eigenvalue weighted by molar-refractivity contribution is -0.121. The van der Waals surface area contributed by atoms with Gasteiger partial charge in [-0.1, -0.05) is 0 Å². The normalized spacial score (nSPS) is 12.3. The van der Waals surface area contributed by atoms with E-state index in [2.05, 4.69) is 21.3 Å². The third kappa shape index (κ3) is 17.4. The average Bonchev–Trinajstić information content (AvgIpc) is 2.51. The lowest BCUT2D eigenvalue weighted by Crippen LogP contribution is -2.43. The average molecular weight is 433 g/mol. The summed E-state index contributed by atoms with van der Waals surface area (Å²) in [6, 6.07) is -0.533. The van der Waals surface area contributed by atoms with Crippen LogP contribution >= 0.6 is 0 Å². The van der Waals surface area contributed by atoms with Crippen molar-refractivity contribution in [2.45, 2.75) is 78.0 Å². The van der Waals surface area contributed by atoms with Crippen LogP contribution in [0.1, 0.15) is 60.8 Å². The molecule has 4 amide bonds. The molecule has 0 aromatic heterocycles. The largest absolute Gasteiger partial charge is 0.465 e. The first kappa shape index (κ1) is 27.3. The number of nitrogens with one attached hydrogen (secondary N) is 4. The van der Waals surface area contributed by atoms with Gasteiger partial charge in [0.25, 0.3) is 0 Å². The third-order valence-electron chi connectivity index (χ3n) is 3.27. The molecule has 0 saturated carbocycles. The summed E-state index contributed by atoms with van der Waals surface area (Å²) in [6.07, 6.45) is -1.57. The van der Waals surface area contributed by atoms with Crippen molar-refractivity contribution in [3.8, 4) is 0 Å². The van der Waals surface area contributed by atoms with Gasteiger partial charge in [0.15, 0.2) is 0 Å². The Bertz CT molecular complexity index is 582. The SMILES string of the molecule is CC(C)(C)OC(=O)NCCNC(=O)C[C@H](CCCNC(=O)O)NC(=O)OC(C)(C)C. The maximum absolute atomic E-state index is 12.2. The number of ether oxygens (including phenoxy) is 2. The molecule has 0 spiro atoms. The standard InChI is InChI=1S/C19H36N4O7/c1-18(2,3)29-16(27)22-11-10-20-14(24)12-13(8-7-9-21-15(25)26)23-17(28)30-19(4,5)6/h13,21H,7-12H2,1-6H3,(H,20,24)(H,22,27)(H,23,28)(H,25,26)/t13-/m0/s1. The molecule has 0 aromatic rings. The molecule has 0 rings (SSSR count). The summed E-state index contributed by atoms with van der Waals surface area (Å²) in [5.74, 6) is -0.326. The van der Waals surface area contributed by atoms with E-state index in [0.717, 1.165) is 0 Å². The van der Waals surface area contributed by atoms with Crippen molar-refractivity contribution in [1.29, 1.82) is 0 Å². The Hall–Kier alpha value is -2.72. The zero-order valence-corrected chi connectivity index (χ0v) is 18.7. The van der Waals surface area contributed by atoms with Crippen LogP contribution in [0.4, 0.5) is 14.4 Å². The smallest absolute Gasteiger partial charge is 0.407 e. The van der Waals surface area contributed by atoms with Crippen molar-refractivity contribution in [3.05, 3.63) is 0 Å². The summed E-state index contributed by atoms with van der Waals surface area (Å²) < 4.78 is 10.3. The van der Waals surface area contributed by atoms with E-state index in [0.29, 0.717) is 12.8 Å². The van der Waals surface area contributed by atoms with Crippen LogP contribution in [0.15, 0.2) is 0 Å². The molecule has 0 bridgehead atoms. The summed E-state index contributed by atoms with van der Waals surface area (Å²) in [5.41, 5.74) is -1.29. The lowest BCUT2D eigenvalue weighted by Gasteiger charge is -2.23. The predicted octanol–water partition coefficient (Wildman–Crippen LogP) is 1.96. The van der Waals surface area contributed by atoms with Crippen molar-refractivity contribution in [2.24, 2.45) is 0 Å². The van der Waals surface area contributed by atoms with Crippen molar-refractivity contribution < 1.29 is 33.8 Å². The van der Waals surface area contributed by atoms with Crippen LogP contribution in [0.2, 0.25) is 0 Å². The van der Waals surface area contributed by atoms with Crippen LogP contribution in [0.5, 0.6) is 0 Å². The van der Waals surface area contributed by atoms with Gasteiger partial charge in [0.2, 0.25) is 5.91 Å². The molecule has 0 aliphatic carbocycles. The van der Waals surface area contributed by atoms with E-state index in [1.807, 2.05) is 0 Å². The molecule has 0 radical (unpaired) electrons. The van der Waals surface area contributed by atoms with E-state index in [4.69, 9.17) is 14.6 Å². The van der Waals surface area contributed by atoms with Gasteiger partial charge in [-0.05, 0) is 54.4 Å². The topological polar surface area (TPSA) is 155 Å². The highest BCUT2D eigenvalue weighted by molar-refractivity contribution is 5.77.